The molecule has 0 aliphatic rings. The van der Waals surface area contributed by atoms with E-state index in [0.29, 0.717) is 19.2 Å². The van der Waals surface area contributed by atoms with Crippen molar-refractivity contribution in [2.45, 2.75) is 6.42 Å². The summed E-state index contributed by atoms with van der Waals surface area (Å²) in [5, 5.41) is 10.8. The summed E-state index contributed by atoms with van der Waals surface area (Å²) in [5.74, 6) is 1.42. The topological polar surface area (TPSA) is 88.2 Å². The second-order valence-corrected chi connectivity index (χ2v) is 4.58. The molecule has 0 amide bonds. The van der Waals surface area contributed by atoms with E-state index in [4.69, 9.17) is 9.47 Å². The van der Waals surface area contributed by atoms with E-state index < -0.39 is 0 Å². The minimum atomic E-state index is 0.566. The van der Waals surface area contributed by atoms with Crippen LogP contribution >= 0.6 is 0 Å². The Morgan fingerprint density at radius 1 is 1.19 bits per heavy atom. The largest absolute Gasteiger partial charge is 0.385 e. The zero-order valence-electron chi connectivity index (χ0n) is 12.7. The van der Waals surface area contributed by atoms with Crippen LogP contribution in [0.4, 0.5) is 11.8 Å². The van der Waals surface area contributed by atoms with Gasteiger partial charge in [-0.3, -0.25) is 5.10 Å². The van der Waals surface area contributed by atoms with Gasteiger partial charge in [-0.15, -0.1) is 0 Å². The molecular formula is C13H22N6O2. The fourth-order valence-corrected chi connectivity index (χ4v) is 2.10. The van der Waals surface area contributed by atoms with Gasteiger partial charge in [0.15, 0.2) is 5.65 Å². The molecule has 2 rings (SSSR count). The van der Waals surface area contributed by atoms with Crippen LogP contribution in [-0.2, 0) is 9.47 Å². The van der Waals surface area contributed by atoms with E-state index in [9.17, 15) is 0 Å². The van der Waals surface area contributed by atoms with Crippen LogP contribution < -0.4 is 10.2 Å². The summed E-state index contributed by atoms with van der Waals surface area (Å²) in [5.41, 5.74) is 0.721. The Morgan fingerprint density at radius 2 is 2.00 bits per heavy atom. The fourth-order valence-electron chi connectivity index (χ4n) is 2.10. The molecule has 0 aliphatic heterocycles. The molecule has 0 fully saturated rings. The van der Waals surface area contributed by atoms with Gasteiger partial charge in [0.1, 0.15) is 5.82 Å². The van der Waals surface area contributed by atoms with Crippen LogP contribution in [-0.4, -0.2) is 67.7 Å². The predicted molar refractivity (Wildman–Crippen MR) is 81.8 cm³/mol. The molecule has 0 radical (unpaired) electrons. The van der Waals surface area contributed by atoms with Crippen molar-refractivity contribution in [3.8, 4) is 0 Å². The summed E-state index contributed by atoms with van der Waals surface area (Å²) in [6, 6.07) is 0. The highest BCUT2D eigenvalue weighted by Gasteiger charge is 2.15. The quantitative estimate of drug-likeness (QED) is 0.664. The van der Waals surface area contributed by atoms with Crippen molar-refractivity contribution in [2.24, 2.45) is 0 Å². The minimum absolute atomic E-state index is 0.566. The van der Waals surface area contributed by atoms with E-state index in [-0.39, 0.29) is 0 Å². The fraction of sp³-hybridized carbons (Fsp3) is 0.615. The Morgan fingerprint density at radius 3 is 2.71 bits per heavy atom. The van der Waals surface area contributed by atoms with E-state index in [2.05, 4.69) is 30.4 Å². The van der Waals surface area contributed by atoms with Crippen molar-refractivity contribution < 1.29 is 9.47 Å². The number of hydrogen-bond donors (Lipinski definition) is 2. The van der Waals surface area contributed by atoms with Gasteiger partial charge >= 0.3 is 0 Å². The highest BCUT2D eigenvalue weighted by molar-refractivity contribution is 5.87. The lowest BCUT2D eigenvalue weighted by atomic mass is 10.3. The molecule has 8 heteroatoms. The molecule has 2 aromatic heterocycles. The number of nitrogens with zero attached hydrogens (tertiary/aromatic N) is 4. The second-order valence-electron chi connectivity index (χ2n) is 4.58. The molecule has 0 saturated carbocycles. The molecule has 0 bridgehead atoms. The van der Waals surface area contributed by atoms with Crippen LogP contribution in [0.1, 0.15) is 6.42 Å². The number of rotatable bonds is 9. The number of anilines is 2. The lowest BCUT2D eigenvalue weighted by Gasteiger charge is -2.24. The third kappa shape index (κ3) is 3.79. The Bertz CT molecular complexity index is 559. The third-order valence-electron chi connectivity index (χ3n) is 3.15. The highest BCUT2D eigenvalue weighted by atomic mass is 16.5. The molecular weight excluding hydrogens is 272 g/mol. The van der Waals surface area contributed by atoms with Gasteiger partial charge in [-0.2, -0.15) is 15.1 Å². The van der Waals surface area contributed by atoms with Gasteiger partial charge in [-0.25, -0.2) is 0 Å². The average molecular weight is 294 g/mol. The van der Waals surface area contributed by atoms with Gasteiger partial charge in [-0.05, 0) is 6.42 Å². The van der Waals surface area contributed by atoms with Crippen molar-refractivity contribution in [3.05, 3.63) is 6.20 Å². The van der Waals surface area contributed by atoms with Crippen molar-refractivity contribution in [3.63, 3.8) is 0 Å². The number of methoxy groups -OCH3 is 2. The first kappa shape index (κ1) is 15.5. The second kappa shape index (κ2) is 7.75. The molecule has 116 valence electrons. The van der Waals surface area contributed by atoms with E-state index in [1.54, 1.807) is 27.5 Å². The monoisotopic (exact) mass is 294 g/mol. The maximum Gasteiger partial charge on any atom is 0.226 e. The summed E-state index contributed by atoms with van der Waals surface area (Å²) in [4.78, 5) is 11.1. The molecule has 8 nitrogen and oxygen atoms in total. The standard InChI is InChI=1S/C13H22N6O2/c1-14-13-16-11-10(9-15-18-11)12(17-13)19(6-8-21-3)5-4-7-20-2/h9H,4-8H2,1-3H3,(H2,14,15,16,17,18). The van der Waals surface area contributed by atoms with Gasteiger partial charge in [0.25, 0.3) is 0 Å². The van der Waals surface area contributed by atoms with Gasteiger partial charge in [0.05, 0.1) is 18.2 Å². The van der Waals surface area contributed by atoms with Crippen LogP contribution in [0.2, 0.25) is 0 Å². The Kier molecular flexibility index (Phi) is 5.70. The number of ether oxygens (including phenoxy) is 2. The maximum atomic E-state index is 5.19. The van der Waals surface area contributed by atoms with Crippen molar-refractivity contribution in [1.29, 1.82) is 0 Å². The summed E-state index contributed by atoms with van der Waals surface area (Å²) in [6.07, 6.45) is 2.67. The first-order valence-corrected chi connectivity index (χ1v) is 6.91. The number of aromatic amines is 1. The van der Waals surface area contributed by atoms with E-state index in [1.165, 1.54) is 0 Å². The molecule has 2 N–H and O–H groups in total. The zero-order valence-corrected chi connectivity index (χ0v) is 12.7. The number of hydrogen-bond acceptors (Lipinski definition) is 7. The lowest BCUT2D eigenvalue weighted by molar-refractivity contribution is 0.191. The van der Waals surface area contributed by atoms with Gasteiger partial charge in [0.2, 0.25) is 5.95 Å². The molecule has 0 aliphatic carbocycles. The lowest BCUT2D eigenvalue weighted by Crippen LogP contribution is -2.30. The third-order valence-corrected chi connectivity index (χ3v) is 3.15. The van der Waals surface area contributed by atoms with Crippen molar-refractivity contribution >= 4 is 22.8 Å². The van der Waals surface area contributed by atoms with Crippen molar-refractivity contribution in [1.82, 2.24) is 20.2 Å². The normalized spacial score (nSPS) is 11.0. The summed E-state index contributed by atoms with van der Waals surface area (Å²) >= 11 is 0. The van der Waals surface area contributed by atoms with Crippen LogP contribution in [0.3, 0.4) is 0 Å². The van der Waals surface area contributed by atoms with Gasteiger partial charge < -0.3 is 19.7 Å². The zero-order chi connectivity index (χ0) is 15.1. The minimum Gasteiger partial charge on any atom is -0.385 e. The number of nitrogens with one attached hydrogen (secondary N) is 2. The number of fused-ring (bicyclic) bond motifs is 1. The summed E-state index contributed by atoms with van der Waals surface area (Å²) in [7, 11) is 5.20. The first-order valence-electron chi connectivity index (χ1n) is 6.91. The smallest absolute Gasteiger partial charge is 0.226 e. The predicted octanol–water partition coefficient (Wildman–Crippen LogP) is 0.884. The molecule has 21 heavy (non-hydrogen) atoms. The van der Waals surface area contributed by atoms with E-state index in [0.717, 1.165) is 36.4 Å². The average Bonchev–Trinajstić information content (AvgIpc) is 2.98. The highest BCUT2D eigenvalue weighted by Crippen LogP contribution is 2.23. The molecule has 0 aromatic carbocycles. The molecule has 2 aromatic rings. The van der Waals surface area contributed by atoms with Crippen LogP contribution in [0, 0.1) is 0 Å². The molecule has 0 saturated heterocycles. The van der Waals surface area contributed by atoms with Gasteiger partial charge in [-0.1, -0.05) is 0 Å². The molecule has 2 heterocycles. The van der Waals surface area contributed by atoms with Crippen LogP contribution in [0.15, 0.2) is 6.20 Å². The van der Waals surface area contributed by atoms with Crippen LogP contribution in [0.25, 0.3) is 11.0 Å². The maximum absolute atomic E-state index is 5.19. The Hall–Kier alpha value is -1.93. The first-order chi connectivity index (χ1) is 10.3. The van der Waals surface area contributed by atoms with Crippen LogP contribution in [0.5, 0.6) is 0 Å². The Labute approximate surface area is 123 Å². The van der Waals surface area contributed by atoms with E-state index in [1.807, 2.05) is 0 Å². The summed E-state index contributed by atoms with van der Waals surface area (Å²) in [6.45, 7) is 2.92. The molecule has 0 spiro atoms. The Balaban J connectivity index is 2.29. The summed E-state index contributed by atoms with van der Waals surface area (Å²) < 4.78 is 10.3. The molecule has 0 unspecified atom stereocenters. The number of H-pyrrole nitrogens is 1. The number of aromatic nitrogens is 4. The van der Waals surface area contributed by atoms with Gasteiger partial charge in [0, 0.05) is 41.0 Å². The van der Waals surface area contributed by atoms with E-state index >= 15 is 0 Å². The SMILES string of the molecule is CNc1nc(N(CCCOC)CCOC)c2cn[nH]c2n1. The molecule has 0 atom stereocenters. The van der Waals surface area contributed by atoms with Crippen molar-refractivity contribution in [2.75, 3.05) is 57.8 Å².